The van der Waals surface area contributed by atoms with Gasteiger partial charge in [-0.15, -0.1) is 0 Å². The fraction of sp³-hybridized carbons (Fsp3) is 0.0769. The number of imidazole rings is 1. The summed E-state index contributed by atoms with van der Waals surface area (Å²) >= 11 is 0. The number of hydrogen-bond acceptors (Lipinski definition) is 4. The summed E-state index contributed by atoms with van der Waals surface area (Å²) in [6.45, 7) is 0.541. The highest BCUT2D eigenvalue weighted by Gasteiger charge is 2.14. The molecular weight excluding hydrogens is 405 g/mol. The van der Waals surface area contributed by atoms with E-state index in [1.807, 2.05) is 60.7 Å². The zero-order valence-electron chi connectivity index (χ0n) is 17.2. The first-order chi connectivity index (χ1) is 15.8. The van der Waals surface area contributed by atoms with Crippen molar-refractivity contribution in [1.82, 2.24) is 15.0 Å². The van der Waals surface area contributed by atoms with Gasteiger partial charge in [0.05, 0.1) is 5.56 Å². The quantitative estimate of drug-likeness (QED) is 0.352. The zero-order valence-corrected chi connectivity index (χ0v) is 17.2. The minimum absolute atomic E-state index is 0.0996. The molecule has 2 aromatic heterocycles. The molecule has 0 fully saturated rings. The number of rotatable bonds is 7. The summed E-state index contributed by atoms with van der Waals surface area (Å²) in [5, 5.41) is 0. The number of benzene rings is 3. The molecule has 6 heteroatoms. The normalized spacial score (nSPS) is 10.9. The molecule has 0 saturated carbocycles. The molecule has 0 aliphatic carbocycles. The van der Waals surface area contributed by atoms with Gasteiger partial charge in [-0.05, 0) is 42.0 Å². The van der Waals surface area contributed by atoms with E-state index in [2.05, 4.69) is 15.0 Å². The van der Waals surface area contributed by atoms with Gasteiger partial charge in [0.1, 0.15) is 41.9 Å². The first-order valence-corrected chi connectivity index (χ1v) is 10.2. The van der Waals surface area contributed by atoms with Gasteiger partial charge in [-0.1, -0.05) is 48.5 Å². The van der Waals surface area contributed by atoms with Crippen LogP contribution < -0.4 is 9.47 Å². The van der Waals surface area contributed by atoms with Crippen molar-refractivity contribution >= 4 is 11.2 Å². The molecule has 158 valence electrons. The molecule has 5 rings (SSSR count). The summed E-state index contributed by atoms with van der Waals surface area (Å²) in [6.07, 6.45) is 1.71. The molecule has 0 bridgehead atoms. The number of hydrogen-bond donors (Lipinski definition) is 1. The highest BCUT2D eigenvalue weighted by atomic mass is 19.1. The molecular formula is C26H20FN3O2. The fourth-order valence-corrected chi connectivity index (χ4v) is 3.39. The van der Waals surface area contributed by atoms with Crippen LogP contribution in [0.3, 0.4) is 0 Å². The van der Waals surface area contributed by atoms with E-state index in [1.54, 1.807) is 24.4 Å². The smallest absolute Gasteiger partial charge is 0.157 e. The van der Waals surface area contributed by atoms with Gasteiger partial charge in [0.15, 0.2) is 5.65 Å². The summed E-state index contributed by atoms with van der Waals surface area (Å²) in [5.41, 5.74) is 3.69. The summed E-state index contributed by atoms with van der Waals surface area (Å²) in [7, 11) is 0. The predicted octanol–water partition coefficient (Wildman–Crippen LogP) is 5.92. The van der Waals surface area contributed by atoms with Gasteiger partial charge < -0.3 is 14.5 Å². The average molecular weight is 425 g/mol. The molecule has 0 aliphatic heterocycles. The van der Waals surface area contributed by atoms with Gasteiger partial charge in [0, 0.05) is 11.8 Å². The second-order valence-corrected chi connectivity index (χ2v) is 7.27. The third kappa shape index (κ3) is 4.30. The standard InChI is InChI=1S/C26H20FN3O2/c27-22-10-5-4-9-19(22)17-32-24-13-12-20(31-16-18-7-2-1-3-8-18)15-21(24)25-29-23-11-6-14-28-26(23)30-25/h1-15H,16-17H2,(H,28,29,30). The molecule has 0 amide bonds. The summed E-state index contributed by atoms with van der Waals surface area (Å²) in [5.74, 6) is 1.55. The number of aromatic nitrogens is 3. The van der Waals surface area contributed by atoms with Crippen LogP contribution in [0.15, 0.2) is 91.1 Å². The highest BCUT2D eigenvalue weighted by molar-refractivity contribution is 5.78. The van der Waals surface area contributed by atoms with Crippen molar-refractivity contribution in [1.29, 1.82) is 0 Å². The van der Waals surface area contributed by atoms with Crippen LogP contribution in [0.5, 0.6) is 11.5 Å². The number of nitrogens with one attached hydrogen (secondary N) is 1. The summed E-state index contributed by atoms with van der Waals surface area (Å²) in [6, 6.07) is 25.8. The van der Waals surface area contributed by atoms with E-state index >= 15 is 0 Å². The first kappa shape index (κ1) is 19.8. The summed E-state index contributed by atoms with van der Waals surface area (Å²) < 4.78 is 26.0. The number of nitrogens with zero attached hydrogens (tertiary/aromatic N) is 2. The van der Waals surface area contributed by atoms with Crippen LogP contribution in [-0.2, 0) is 13.2 Å². The van der Waals surface area contributed by atoms with Crippen molar-refractivity contribution in [3.8, 4) is 22.9 Å². The Balaban J connectivity index is 1.46. The third-order valence-electron chi connectivity index (χ3n) is 5.05. The zero-order chi connectivity index (χ0) is 21.8. The number of fused-ring (bicyclic) bond motifs is 1. The lowest BCUT2D eigenvalue weighted by molar-refractivity contribution is 0.295. The molecule has 0 unspecified atom stereocenters. The molecule has 0 radical (unpaired) electrons. The van der Waals surface area contributed by atoms with E-state index in [9.17, 15) is 4.39 Å². The number of H-pyrrole nitrogens is 1. The maximum Gasteiger partial charge on any atom is 0.157 e. The minimum atomic E-state index is -0.301. The Labute approximate surface area is 184 Å². The average Bonchev–Trinajstić information content (AvgIpc) is 3.27. The van der Waals surface area contributed by atoms with Crippen molar-refractivity contribution in [2.75, 3.05) is 0 Å². The maximum absolute atomic E-state index is 14.1. The molecule has 32 heavy (non-hydrogen) atoms. The number of aromatic amines is 1. The number of pyridine rings is 1. The van der Waals surface area contributed by atoms with Gasteiger partial charge in [-0.25, -0.2) is 14.4 Å². The Morgan fingerprint density at radius 1 is 0.812 bits per heavy atom. The van der Waals surface area contributed by atoms with Gasteiger partial charge >= 0.3 is 0 Å². The van der Waals surface area contributed by atoms with Gasteiger partial charge in [-0.3, -0.25) is 0 Å². The molecule has 3 aromatic carbocycles. The minimum Gasteiger partial charge on any atom is -0.489 e. The SMILES string of the molecule is Fc1ccccc1COc1ccc(OCc2ccccc2)cc1-c1nc2cccnc2[nH]1. The highest BCUT2D eigenvalue weighted by Crippen LogP contribution is 2.34. The molecule has 5 aromatic rings. The van der Waals surface area contributed by atoms with E-state index < -0.39 is 0 Å². The Bertz CT molecular complexity index is 1320. The lowest BCUT2D eigenvalue weighted by Gasteiger charge is -2.13. The topological polar surface area (TPSA) is 60.0 Å². The molecule has 2 heterocycles. The number of ether oxygens (including phenoxy) is 2. The van der Waals surface area contributed by atoms with Crippen LogP contribution in [0.1, 0.15) is 11.1 Å². The van der Waals surface area contributed by atoms with Gasteiger partial charge in [0.25, 0.3) is 0 Å². The Hall–Kier alpha value is -4.19. The maximum atomic E-state index is 14.1. The lowest BCUT2D eigenvalue weighted by atomic mass is 10.1. The van der Waals surface area contributed by atoms with Crippen molar-refractivity contribution in [3.63, 3.8) is 0 Å². The van der Waals surface area contributed by atoms with Crippen LogP contribution in [0.25, 0.3) is 22.6 Å². The van der Waals surface area contributed by atoms with Crippen molar-refractivity contribution in [2.24, 2.45) is 0 Å². The fourth-order valence-electron chi connectivity index (χ4n) is 3.39. The van der Waals surface area contributed by atoms with E-state index in [4.69, 9.17) is 9.47 Å². The molecule has 0 saturated heterocycles. The molecule has 1 N–H and O–H groups in total. The Morgan fingerprint density at radius 3 is 2.50 bits per heavy atom. The second-order valence-electron chi connectivity index (χ2n) is 7.27. The number of halogens is 1. The second kappa shape index (κ2) is 8.89. The lowest BCUT2D eigenvalue weighted by Crippen LogP contribution is -2.01. The van der Waals surface area contributed by atoms with Crippen LogP contribution in [0.2, 0.25) is 0 Å². The Morgan fingerprint density at radius 2 is 1.66 bits per heavy atom. The van der Waals surface area contributed by atoms with Gasteiger partial charge in [-0.2, -0.15) is 0 Å². The van der Waals surface area contributed by atoms with Crippen LogP contribution >= 0.6 is 0 Å². The van der Waals surface area contributed by atoms with Crippen molar-refractivity contribution in [2.45, 2.75) is 13.2 Å². The first-order valence-electron chi connectivity index (χ1n) is 10.2. The molecule has 0 spiro atoms. The van der Waals surface area contributed by atoms with Crippen LogP contribution in [-0.4, -0.2) is 15.0 Å². The van der Waals surface area contributed by atoms with E-state index in [0.717, 1.165) is 11.1 Å². The Kier molecular flexibility index (Phi) is 5.49. The largest absolute Gasteiger partial charge is 0.489 e. The van der Waals surface area contributed by atoms with Crippen LogP contribution in [0, 0.1) is 5.82 Å². The van der Waals surface area contributed by atoms with Crippen molar-refractivity contribution in [3.05, 3.63) is 108 Å². The van der Waals surface area contributed by atoms with E-state index in [1.165, 1.54) is 6.07 Å². The van der Waals surface area contributed by atoms with E-state index in [0.29, 0.717) is 40.7 Å². The van der Waals surface area contributed by atoms with Crippen LogP contribution in [0.4, 0.5) is 4.39 Å². The molecule has 0 aliphatic rings. The predicted molar refractivity (Wildman–Crippen MR) is 121 cm³/mol. The van der Waals surface area contributed by atoms with Crippen molar-refractivity contribution < 1.29 is 13.9 Å². The third-order valence-corrected chi connectivity index (χ3v) is 5.05. The molecule has 5 nitrogen and oxygen atoms in total. The molecule has 0 atom stereocenters. The van der Waals surface area contributed by atoms with Gasteiger partial charge in [0.2, 0.25) is 0 Å². The monoisotopic (exact) mass is 425 g/mol. The van der Waals surface area contributed by atoms with E-state index in [-0.39, 0.29) is 12.4 Å². The summed E-state index contributed by atoms with van der Waals surface area (Å²) in [4.78, 5) is 12.2.